The van der Waals surface area contributed by atoms with Crippen LogP contribution in [0.2, 0.25) is 0 Å². The van der Waals surface area contributed by atoms with E-state index in [-0.39, 0.29) is 5.56 Å². The maximum absolute atomic E-state index is 12.5. The number of thiocarbonyl (C=S) groups is 1. The first kappa shape index (κ1) is 23.9. The van der Waals surface area contributed by atoms with Gasteiger partial charge < -0.3 is 29.0 Å². The molecule has 0 atom stereocenters. The smallest absolute Gasteiger partial charge is 0.343 e. The molecule has 0 saturated heterocycles. The van der Waals surface area contributed by atoms with Crippen LogP contribution in [0.25, 0.3) is 0 Å². The molecule has 0 amide bonds. The number of hydrogen-bond acceptors (Lipinski definition) is 8. The van der Waals surface area contributed by atoms with Crippen molar-refractivity contribution >= 4 is 29.5 Å². The quantitative estimate of drug-likeness (QED) is 0.142. The number of nitrogens with one attached hydrogen (secondary N) is 2. The molecule has 0 fully saturated rings. The van der Waals surface area contributed by atoms with Crippen molar-refractivity contribution in [2.75, 3.05) is 41.6 Å². The summed E-state index contributed by atoms with van der Waals surface area (Å²) < 4.78 is 26.1. The van der Waals surface area contributed by atoms with Crippen LogP contribution >= 0.6 is 12.2 Å². The van der Waals surface area contributed by atoms with Gasteiger partial charge >= 0.3 is 5.97 Å². The number of rotatable bonds is 10. The van der Waals surface area contributed by atoms with Crippen LogP contribution < -0.4 is 29.7 Å². The molecule has 0 aromatic heterocycles. The molecule has 2 N–H and O–H groups in total. The van der Waals surface area contributed by atoms with E-state index in [0.29, 0.717) is 41.3 Å². The molecule has 9 nitrogen and oxygen atoms in total. The maximum atomic E-state index is 12.5. The number of carbonyl (C=O) groups excluding carboxylic acids is 1. The van der Waals surface area contributed by atoms with Crippen molar-refractivity contribution in [1.29, 1.82) is 0 Å². The third kappa shape index (κ3) is 7.12. The first-order chi connectivity index (χ1) is 15.0. The predicted molar refractivity (Wildman–Crippen MR) is 121 cm³/mol. The Labute approximate surface area is 186 Å². The second-order valence-corrected chi connectivity index (χ2v) is 6.40. The summed E-state index contributed by atoms with van der Waals surface area (Å²) in [6.07, 6.45) is 1.59. The Hall–Kier alpha value is -3.37. The van der Waals surface area contributed by atoms with E-state index in [0.717, 1.165) is 5.56 Å². The monoisotopic (exact) mass is 447 g/mol. The average molecular weight is 448 g/mol. The molecule has 10 heteroatoms. The highest BCUT2D eigenvalue weighted by Gasteiger charge is 2.18. The second-order valence-electron chi connectivity index (χ2n) is 5.99. The van der Waals surface area contributed by atoms with Gasteiger partial charge in [-0.1, -0.05) is 0 Å². The Balaban J connectivity index is 1.99. The fraction of sp³-hybridized carbons (Fsp3) is 0.286. The van der Waals surface area contributed by atoms with Gasteiger partial charge in [-0.25, -0.2) is 4.79 Å². The van der Waals surface area contributed by atoms with E-state index in [1.807, 2.05) is 0 Å². The molecule has 2 rings (SSSR count). The third-order valence-electron chi connectivity index (χ3n) is 3.96. The minimum Gasteiger partial charge on any atom is -0.493 e. The van der Waals surface area contributed by atoms with Crippen LogP contribution in [0.3, 0.4) is 0 Å². The molecule has 2 aromatic carbocycles. The number of hydrogen-bond donors (Lipinski definition) is 2. The summed E-state index contributed by atoms with van der Waals surface area (Å²) in [5.74, 6) is 0.938. The molecule has 0 aliphatic rings. The molecule has 0 radical (unpaired) electrons. The number of ether oxygens (including phenoxy) is 5. The lowest BCUT2D eigenvalue weighted by Gasteiger charge is -2.13. The molecule has 0 heterocycles. The molecule has 0 spiro atoms. The van der Waals surface area contributed by atoms with E-state index in [4.69, 9.17) is 35.9 Å². The number of benzene rings is 2. The van der Waals surface area contributed by atoms with Crippen LogP contribution in [0, 0.1) is 0 Å². The normalized spacial score (nSPS) is 10.5. The van der Waals surface area contributed by atoms with E-state index in [1.165, 1.54) is 33.5 Å². The number of hydrazone groups is 1. The van der Waals surface area contributed by atoms with Crippen molar-refractivity contribution in [3.63, 3.8) is 0 Å². The summed E-state index contributed by atoms with van der Waals surface area (Å²) >= 11 is 5.07. The minimum atomic E-state index is -0.560. The van der Waals surface area contributed by atoms with Crippen molar-refractivity contribution in [3.05, 3.63) is 47.5 Å². The Kier molecular flexibility index (Phi) is 9.53. The zero-order chi connectivity index (χ0) is 22.6. The number of carbonyl (C=O) groups is 1. The highest BCUT2D eigenvalue weighted by Crippen LogP contribution is 2.38. The largest absolute Gasteiger partial charge is 0.493 e. The lowest BCUT2D eigenvalue weighted by Crippen LogP contribution is -2.34. The van der Waals surface area contributed by atoms with E-state index >= 15 is 0 Å². The Bertz CT molecular complexity index is 893. The molecule has 0 bridgehead atoms. The first-order valence-corrected chi connectivity index (χ1v) is 9.61. The topological polar surface area (TPSA) is 99.6 Å². The van der Waals surface area contributed by atoms with E-state index < -0.39 is 5.97 Å². The standard InChI is InChI=1S/C21H25N3O6S/c1-26-10-9-22-21(31)24-23-13-14-5-7-16(8-6-14)30-20(25)15-11-17(27-2)19(29-4)18(12-15)28-3/h5-8,11-13H,9-10H2,1-4H3,(H2,22,24,31)/b23-13-. The summed E-state index contributed by atoms with van der Waals surface area (Å²) in [4.78, 5) is 12.5. The summed E-state index contributed by atoms with van der Waals surface area (Å²) in [5, 5.41) is 7.38. The Morgan fingerprint density at radius 1 is 1.03 bits per heavy atom. The van der Waals surface area contributed by atoms with E-state index in [9.17, 15) is 4.79 Å². The van der Waals surface area contributed by atoms with Crippen molar-refractivity contribution < 1.29 is 28.5 Å². The molecule has 0 aliphatic carbocycles. The summed E-state index contributed by atoms with van der Waals surface area (Å²) in [5.41, 5.74) is 3.76. The molecule has 0 saturated carbocycles. The highest BCUT2D eigenvalue weighted by atomic mass is 32.1. The van der Waals surface area contributed by atoms with Gasteiger partial charge in [-0.05, 0) is 54.2 Å². The van der Waals surface area contributed by atoms with Gasteiger partial charge in [0.15, 0.2) is 16.6 Å². The zero-order valence-electron chi connectivity index (χ0n) is 17.8. The molecular weight excluding hydrogens is 422 g/mol. The third-order valence-corrected chi connectivity index (χ3v) is 4.20. The predicted octanol–water partition coefficient (Wildman–Crippen LogP) is 2.38. The fourth-order valence-electron chi connectivity index (χ4n) is 2.46. The SMILES string of the molecule is COCCNC(=S)N/N=C\c1ccc(OC(=O)c2cc(OC)c(OC)c(OC)c2)cc1. The van der Waals surface area contributed by atoms with E-state index in [1.54, 1.807) is 37.6 Å². The lowest BCUT2D eigenvalue weighted by molar-refractivity contribution is 0.0734. The van der Waals surface area contributed by atoms with Crippen LogP contribution in [0.4, 0.5) is 0 Å². The molecule has 0 aliphatic heterocycles. The number of esters is 1. The van der Waals surface area contributed by atoms with Crippen molar-refractivity contribution in [2.45, 2.75) is 0 Å². The Morgan fingerprint density at radius 3 is 2.23 bits per heavy atom. The van der Waals surface area contributed by atoms with E-state index in [2.05, 4.69) is 15.8 Å². The van der Waals surface area contributed by atoms with Gasteiger partial charge in [0.1, 0.15) is 5.75 Å². The van der Waals surface area contributed by atoms with Crippen LogP contribution in [0.15, 0.2) is 41.5 Å². The van der Waals surface area contributed by atoms with Crippen LogP contribution in [-0.2, 0) is 4.74 Å². The second kappa shape index (κ2) is 12.4. The van der Waals surface area contributed by atoms with Crippen LogP contribution in [0.1, 0.15) is 15.9 Å². The van der Waals surface area contributed by atoms with Crippen LogP contribution in [0.5, 0.6) is 23.0 Å². The lowest BCUT2D eigenvalue weighted by atomic mass is 10.2. The highest BCUT2D eigenvalue weighted by molar-refractivity contribution is 7.80. The van der Waals surface area contributed by atoms with Gasteiger partial charge in [-0.2, -0.15) is 5.10 Å². The average Bonchev–Trinajstić information content (AvgIpc) is 2.79. The Morgan fingerprint density at radius 2 is 1.68 bits per heavy atom. The fourth-order valence-corrected chi connectivity index (χ4v) is 2.61. The molecule has 31 heavy (non-hydrogen) atoms. The van der Waals surface area contributed by atoms with Crippen molar-refractivity contribution in [3.8, 4) is 23.0 Å². The van der Waals surface area contributed by atoms with Gasteiger partial charge in [0, 0.05) is 13.7 Å². The molecule has 166 valence electrons. The summed E-state index contributed by atoms with van der Waals surface area (Å²) in [7, 11) is 6.06. The van der Waals surface area contributed by atoms with Gasteiger partial charge in [-0.15, -0.1) is 0 Å². The first-order valence-electron chi connectivity index (χ1n) is 9.20. The molecular formula is C21H25N3O6S. The number of methoxy groups -OCH3 is 4. The summed E-state index contributed by atoms with van der Waals surface area (Å²) in [6.45, 7) is 1.13. The van der Waals surface area contributed by atoms with Gasteiger partial charge in [0.2, 0.25) is 5.75 Å². The summed E-state index contributed by atoms with van der Waals surface area (Å²) in [6, 6.07) is 9.88. The van der Waals surface area contributed by atoms with Gasteiger partial charge in [0.25, 0.3) is 0 Å². The van der Waals surface area contributed by atoms with Crippen molar-refractivity contribution in [1.82, 2.24) is 10.7 Å². The van der Waals surface area contributed by atoms with Crippen molar-refractivity contribution in [2.24, 2.45) is 5.10 Å². The minimum absolute atomic E-state index is 0.263. The maximum Gasteiger partial charge on any atom is 0.343 e. The van der Waals surface area contributed by atoms with Gasteiger partial charge in [-0.3, -0.25) is 5.43 Å². The zero-order valence-corrected chi connectivity index (χ0v) is 18.6. The van der Waals surface area contributed by atoms with Crippen LogP contribution in [-0.4, -0.2) is 58.9 Å². The van der Waals surface area contributed by atoms with Gasteiger partial charge in [0.05, 0.1) is 39.7 Å². The number of nitrogens with zero attached hydrogens (tertiary/aromatic N) is 1. The molecule has 2 aromatic rings. The molecule has 0 unspecified atom stereocenters.